The van der Waals surface area contributed by atoms with Gasteiger partial charge in [-0.25, -0.2) is 4.79 Å². The first kappa shape index (κ1) is 25.2. The molecule has 2 rings (SSSR count). The Bertz CT molecular complexity index is 930. The summed E-state index contributed by atoms with van der Waals surface area (Å²) in [6.07, 6.45) is -6.66. The molecule has 3 N–H and O–H groups in total. The molecule has 0 fully saturated rings. The molecule has 6 nitrogen and oxygen atoms in total. The summed E-state index contributed by atoms with van der Waals surface area (Å²) >= 11 is 0. The van der Waals surface area contributed by atoms with Crippen LogP contribution in [0.25, 0.3) is 0 Å². The zero-order valence-electron chi connectivity index (χ0n) is 18.1. The highest BCUT2D eigenvalue weighted by Gasteiger charge is 2.43. The van der Waals surface area contributed by atoms with Crippen molar-refractivity contribution < 1.29 is 32.6 Å². The van der Waals surface area contributed by atoms with Gasteiger partial charge in [0.15, 0.2) is 6.10 Å². The first-order chi connectivity index (χ1) is 15.0. The van der Waals surface area contributed by atoms with Crippen LogP contribution in [-0.4, -0.2) is 29.9 Å². The molecule has 2 aromatic carbocycles. The fourth-order valence-corrected chi connectivity index (χ4v) is 3.32. The molecule has 0 bridgehead atoms. The number of carbonyl (C=O) groups excluding carboxylic acids is 1. The first-order valence-electron chi connectivity index (χ1n) is 10.2. The summed E-state index contributed by atoms with van der Waals surface area (Å²) in [5.41, 5.74) is 1.63. The van der Waals surface area contributed by atoms with E-state index in [1.165, 1.54) is 25.1 Å². The molecular formula is C23H27F3N2O4. The van der Waals surface area contributed by atoms with Gasteiger partial charge < -0.3 is 20.5 Å². The maximum absolute atomic E-state index is 13.7. The van der Waals surface area contributed by atoms with Gasteiger partial charge in [0, 0.05) is 23.5 Å². The summed E-state index contributed by atoms with van der Waals surface area (Å²) in [4.78, 5) is 23.7. The molecule has 0 aliphatic rings. The Hall–Kier alpha value is -3.07. The normalized spacial score (nSPS) is 13.3. The Labute approximate surface area is 184 Å². The number of carboxylic acid groups (broad SMARTS) is 1. The second-order valence-corrected chi connectivity index (χ2v) is 7.37. The lowest BCUT2D eigenvalue weighted by molar-refractivity contribution is -0.222. The van der Waals surface area contributed by atoms with Gasteiger partial charge in [0.2, 0.25) is 0 Å². The van der Waals surface area contributed by atoms with Gasteiger partial charge in [-0.05, 0) is 49.9 Å². The first-order valence-corrected chi connectivity index (χ1v) is 10.2. The van der Waals surface area contributed by atoms with E-state index in [1.54, 1.807) is 31.2 Å². The molecule has 0 aliphatic carbocycles. The van der Waals surface area contributed by atoms with Gasteiger partial charge in [0.1, 0.15) is 0 Å². The van der Waals surface area contributed by atoms with Crippen LogP contribution in [0, 0.1) is 6.92 Å². The quantitative estimate of drug-likeness (QED) is 0.420. The van der Waals surface area contributed by atoms with Crippen molar-refractivity contribution in [3.63, 3.8) is 0 Å². The lowest BCUT2D eigenvalue weighted by atomic mass is 9.91. The number of aryl methyl sites for hydroxylation is 1. The van der Waals surface area contributed by atoms with E-state index in [-0.39, 0.29) is 24.3 Å². The fraction of sp³-hybridized carbons (Fsp3) is 0.391. The number of alkyl halides is 3. The minimum Gasteiger partial charge on any atom is -0.481 e. The number of hydrogen-bond acceptors (Lipinski definition) is 3. The van der Waals surface area contributed by atoms with Crippen LogP contribution in [0.4, 0.5) is 29.3 Å². The number of urea groups is 1. The second kappa shape index (κ2) is 11.0. The Kier molecular flexibility index (Phi) is 8.65. The Morgan fingerprint density at radius 2 is 1.72 bits per heavy atom. The summed E-state index contributed by atoms with van der Waals surface area (Å²) < 4.78 is 45.9. The Balaban J connectivity index is 2.43. The number of amides is 2. The molecule has 32 heavy (non-hydrogen) atoms. The topological polar surface area (TPSA) is 87.7 Å². The van der Waals surface area contributed by atoms with Crippen molar-refractivity contribution in [2.75, 3.05) is 17.2 Å². The number of hydrogen-bond donors (Lipinski definition) is 3. The zero-order chi connectivity index (χ0) is 23.9. The molecule has 0 spiro atoms. The maximum Gasteiger partial charge on any atom is 0.418 e. The van der Waals surface area contributed by atoms with Crippen molar-refractivity contribution in [2.24, 2.45) is 0 Å². The third-order valence-electron chi connectivity index (χ3n) is 4.93. The fourth-order valence-electron chi connectivity index (χ4n) is 3.32. The molecule has 2 atom stereocenters. The SMILES string of the molecule is CCO[C@@H](c1ccc([C@H](CC)CC(=O)O)cc1NC(=O)Nc1ccc(C)cc1)C(F)(F)F. The number of aliphatic carboxylic acids is 1. The van der Waals surface area contributed by atoms with E-state index in [0.29, 0.717) is 17.7 Å². The predicted octanol–water partition coefficient (Wildman–Crippen LogP) is 6.25. The Morgan fingerprint density at radius 1 is 1.06 bits per heavy atom. The van der Waals surface area contributed by atoms with Crippen LogP contribution in [0.2, 0.25) is 0 Å². The smallest absolute Gasteiger partial charge is 0.418 e. The molecule has 0 radical (unpaired) electrons. The van der Waals surface area contributed by atoms with Gasteiger partial charge in [-0.2, -0.15) is 13.2 Å². The number of rotatable bonds is 9. The summed E-state index contributed by atoms with van der Waals surface area (Å²) in [5.74, 6) is -1.44. The number of halogens is 3. The zero-order valence-corrected chi connectivity index (χ0v) is 18.1. The molecule has 0 saturated carbocycles. The van der Waals surface area contributed by atoms with Gasteiger partial charge in [-0.15, -0.1) is 0 Å². The minimum atomic E-state index is -4.70. The minimum absolute atomic E-state index is 0.0910. The molecule has 9 heteroatoms. The van der Waals surface area contributed by atoms with Gasteiger partial charge >= 0.3 is 18.2 Å². The molecule has 2 amide bonds. The highest BCUT2D eigenvalue weighted by atomic mass is 19.4. The van der Waals surface area contributed by atoms with Gasteiger partial charge in [-0.1, -0.05) is 36.8 Å². The average molecular weight is 452 g/mol. The van der Waals surface area contributed by atoms with Crippen molar-refractivity contribution in [1.82, 2.24) is 0 Å². The van der Waals surface area contributed by atoms with Crippen molar-refractivity contribution >= 4 is 23.4 Å². The lowest BCUT2D eigenvalue weighted by Crippen LogP contribution is -2.27. The van der Waals surface area contributed by atoms with Crippen molar-refractivity contribution in [3.8, 4) is 0 Å². The largest absolute Gasteiger partial charge is 0.481 e. The van der Waals surface area contributed by atoms with E-state index in [9.17, 15) is 22.8 Å². The van der Waals surface area contributed by atoms with Crippen molar-refractivity contribution in [3.05, 3.63) is 59.2 Å². The number of anilines is 2. The van der Waals surface area contributed by atoms with Crippen LogP contribution in [-0.2, 0) is 9.53 Å². The third-order valence-corrected chi connectivity index (χ3v) is 4.93. The van der Waals surface area contributed by atoms with Crippen LogP contribution >= 0.6 is 0 Å². The number of carboxylic acids is 1. The highest BCUT2D eigenvalue weighted by Crippen LogP contribution is 2.40. The van der Waals surface area contributed by atoms with Crippen LogP contribution < -0.4 is 10.6 Å². The molecule has 0 saturated heterocycles. The van der Waals surface area contributed by atoms with Crippen molar-refractivity contribution in [1.29, 1.82) is 0 Å². The summed E-state index contributed by atoms with van der Waals surface area (Å²) in [5, 5.41) is 14.2. The predicted molar refractivity (Wildman–Crippen MR) is 116 cm³/mol. The van der Waals surface area contributed by atoms with Crippen LogP contribution in [0.5, 0.6) is 0 Å². The molecule has 2 aromatic rings. The Morgan fingerprint density at radius 3 is 2.25 bits per heavy atom. The number of carbonyl (C=O) groups is 2. The highest BCUT2D eigenvalue weighted by molar-refractivity contribution is 6.00. The molecule has 0 aliphatic heterocycles. The van der Waals surface area contributed by atoms with Gasteiger partial charge in [-0.3, -0.25) is 4.79 Å². The molecular weight excluding hydrogens is 425 g/mol. The summed E-state index contributed by atoms with van der Waals surface area (Å²) in [6.45, 7) is 4.94. The molecule has 0 heterocycles. The molecule has 0 aromatic heterocycles. The van der Waals surface area contributed by atoms with Gasteiger partial charge in [0.25, 0.3) is 0 Å². The maximum atomic E-state index is 13.7. The van der Waals surface area contributed by atoms with E-state index in [2.05, 4.69) is 10.6 Å². The van der Waals surface area contributed by atoms with E-state index < -0.39 is 30.2 Å². The van der Waals surface area contributed by atoms with E-state index >= 15 is 0 Å². The molecule has 0 unspecified atom stereocenters. The van der Waals surface area contributed by atoms with Crippen LogP contribution in [0.1, 0.15) is 55.4 Å². The van der Waals surface area contributed by atoms with Crippen LogP contribution in [0.15, 0.2) is 42.5 Å². The second-order valence-electron chi connectivity index (χ2n) is 7.37. The third kappa shape index (κ3) is 6.98. The van der Waals surface area contributed by atoms with Crippen molar-refractivity contribution in [2.45, 2.75) is 51.8 Å². The van der Waals surface area contributed by atoms with E-state index in [4.69, 9.17) is 9.84 Å². The average Bonchev–Trinajstić information content (AvgIpc) is 2.71. The summed E-state index contributed by atoms with van der Waals surface area (Å²) in [6, 6.07) is 10.3. The standard InChI is InChI=1S/C23H27F3N2O4/c1-4-15(13-20(29)30)16-8-11-18(21(32-5-2)23(24,25)26)19(12-16)28-22(31)27-17-9-6-14(3)7-10-17/h6-12,15,21H,4-5,13H2,1-3H3,(H,29,30)(H2,27,28,31)/t15-,21+/m1/s1. The number of nitrogens with one attached hydrogen (secondary N) is 2. The van der Waals surface area contributed by atoms with E-state index in [0.717, 1.165) is 5.56 Å². The van der Waals surface area contributed by atoms with Gasteiger partial charge in [0.05, 0.1) is 6.42 Å². The molecule has 174 valence electrons. The van der Waals surface area contributed by atoms with E-state index in [1.807, 2.05) is 6.92 Å². The number of ether oxygens (including phenoxy) is 1. The lowest BCUT2D eigenvalue weighted by Gasteiger charge is -2.25. The summed E-state index contributed by atoms with van der Waals surface area (Å²) in [7, 11) is 0. The van der Waals surface area contributed by atoms with Crippen LogP contribution in [0.3, 0.4) is 0 Å². The number of benzene rings is 2. The monoisotopic (exact) mass is 452 g/mol.